The highest BCUT2D eigenvalue weighted by molar-refractivity contribution is 5.84. The Bertz CT molecular complexity index is 528. The molecule has 3 nitrogen and oxygen atoms in total. The van der Waals surface area contributed by atoms with E-state index in [0.717, 1.165) is 10.9 Å². The van der Waals surface area contributed by atoms with Crippen molar-refractivity contribution in [2.75, 3.05) is 7.11 Å². The van der Waals surface area contributed by atoms with Gasteiger partial charge in [-0.25, -0.2) is 0 Å². The van der Waals surface area contributed by atoms with Gasteiger partial charge in [0.05, 0.1) is 13.0 Å². The lowest BCUT2D eigenvalue weighted by atomic mass is 10.00. The Morgan fingerprint density at radius 1 is 1.38 bits per heavy atom. The van der Waals surface area contributed by atoms with E-state index in [-0.39, 0.29) is 11.9 Å². The topological polar surface area (TPSA) is 31.2 Å². The van der Waals surface area contributed by atoms with E-state index in [1.165, 1.54) is 12.6 Å². The highest BCUT2D eigenvalue weighted by Crippen LogP contribution is 2.22. The Hall–Kier alpha value is -1.77. The molecular formula is C13H15NO2. The van der Waals surface area contributed by atoms with Crippen LogP contribution in [0, 0.1) is 0 Å². The lowest BCUT2D eigenvalue weighted by molar-refractivity contribution is -0.141. The molecule has 0 radical (unpaired) electrons. The van der Waals surface area contributed by atoms with Gasteiger partial charge in [-0.05, 0) is 36.1 Å². The van der Waals surface area contributed by atoms with Gasteiger partial charge >= 0.3 is 5.97 Å². The Labute approximate surface area is 94.6 Å². The molecule has 0 bridgehead atoms. The zero-order valence-electron chi connectivity index (χ0n) is 9.73. The van der Waals surface area contributed by atoms with Gasteiger partial charge < -0.3 is 9.30 Å². The summed E-state index contributed by atoms with van der Waals surface area (Å²) in [7, 11) is 3.42. The van der Waals surface area contributed by atoms with Gasteiger partial charge in [-0.1, -0.05) is 6.07 Å². The van der Waals surface area contributed by atoms with E-state index in [0.29, 0.717) is 0 Å². The molecule has 1 aromatic carbocycles. The summed E-state index contributed by atoms with van der Waals surface area (Å²) in [6.45, 7) is 1.86. The lowest BCUT2D eigenvalue weighted by Crippen LogP contribution is -2.10. The van der Waals surface area contributed by atoms with Gasteiger partial charge in [-0.15, -0.1) is 0 Å². The molecule has 0 amide bonds. The summed E-state index contributed by atoms with van der Waals surface area (Å²) < 4.78 is 6.80. The van der Waals surface area contributed by atoms with Crippen LogP contribution in [0.25, 0.3) is 10.9 Å². The number of ether oxygens (including phenoxy) is 1. The number of hydrogen-bond donors (Lipinski definition) is 0. The molecule has 0 fully saturated rings. The van der Waals surface area contributed by atoms with Gasteiger partial charge in [0.1, 0.15) is 0 Å². The molecular weight excluding hydrogens is 202 g/mol. The van der Waals surface area contributed by atoms with E-state index < -0.39 is 0 Å². The minimum absolute atomic E-state index is 0.199. The molecule has 0 aliphatic carbocycles. The predicted molar refractivity (Wildman–Crippen MR) is 63.4 cm³/mol. The first kappa shape index (κ1) is 10.7. The average molecular weight is 217 g/mol. The standard InChI is InChI=1S/C13H15NO2/c1-9(13(15)16-3)10-4-5-12-11(8-10)6-7-14(12)2/h4-9H,1-3H3. The first-order chi connectivity index (χ1) is 7.63. The maximum Gasteiger partial charge on any atom is 0.312 e. The van der Waals surface area contributed by atoms with E-state index in [4.69, 9.17) is 4.74 Å². The molecule has 2 rings (SSSR count). The zero-order valence-corrected chi connectivity index (χ0v) is 9.73. The fourth-order valence-corrected chi connectivity index (χ4v) is 1.88. The van der Waals surface area contributed by atoms with Gasteiger partial charge in [0, 0.05) is 18.8 Å². The van der Waals surface area contributed by atoms with Crippen LogP contribution in [0.5, 0.6) is 0 Å². The molecule has 1 unspecified atom stereocenters. The van der Waals surface area contributed by atoms with Gasteiger partial charge in [0.2, 0.25) is 0 Å². The van der Waals surface area contributed by atoms with E-state index in [1.807, 2.05) is 44.4 Å². The van der Waals surface area contributed by atoms with Crippen LogP contribution in [-0.2, 0) is 16.6 Å². The quantitative estimate of drug-likeness (QED) is 0.723. The Balaban J connectivity index is 2.43. The molecule has 0 aliphatic rings. The third-order valence-electron chi connectivity index (χ3n) is 2.96. The highest BCUT2D eigenvalue weighted by Gasteiger charge is 2.15. The summed E-state index contributed by atoms with van der Waals surface area (Å²) in [5.41, 5.74) is 2.16. The zero-order chi connectivity index (χ0) is 11.7. The van der Waals surface area contributed by atoms with Crippen molar-refractivity contribution in [3.63, 3.8) is 0 Å². The first-order valence-electron chi connectivity index (χ1n) is 5.26. The number of benzene rings is 1. The van der Waals surface area contributed by atoms with Crippen LogP contribution in [0.4, 0.5) is 0 Å². The molecule has 0 aliphatic heterocycles. The number of aromatic nitrogens is 1. The SMILES string of the molecule is COC(=O)C(C)c1ccc2c(ccn2C)c1. The van der Waals surface area contributed by atoms with Crippen molar-refractivity contribution in [1.29, 1.82) is 0 Å². The van der Waals surface area contributed by atoms with Crippen LogP contribution in [-0.4, -0.2) is 17.6 Å². The van der Waals surface area contributed by atoms with Gasteiger partial charge in [0.25, 0.3) is 0 Å². The van der Waals surface area contributed by atoms with Crippen molar-refractivity contribution in [3.8, 4) is 0 Å². The summed E-state index contributed by atoms with van der Waals surface area (Å²) in [6.07, 6.45) is 2.01. The molecule has 1 heterocycles. The molecule has 0 saturated heterocycles. The van der Waals surface area contributed by atoms with E-state index in [1.54, 1.807) is 0 Å². The van der Waals surface area contributed by atoms with Crippen molar-refractivity contribution in [1.82, 2.24) is 4.57 Å². The third kappa shape index (κ3) is 1.69. The van der Waals surface area contributed by atoms with E-state index >= 15 is 0 Å². The van der Waals surface area contributed by atoms with Crippen LogP contribution in [0.1, 0.15) is 18.4 Å². The van der Waals surface area contributed by atoms with Crippen LogP contribution in [0.2, 0.25) is 0 Å². The molecule has 0 spiro atoms. The van der Waals surface area contributed by atoms with E-state index in [2.05, 4.69) is 4.57 Å². The maximum atomic E-state index is 11.4. The summed E-state index contributed by atoms with van der Waals surface area (Å²) >= 11 is 0. The third-order valence-corrected chi connectivity index (χ3v) is 2.96. The minimum Gasteiger partial charge on any atom is -0.469 e. The van der Waals surface area contributed by atoms with Crippen LogP contribution >= 0.6 is 0 Å². The molecule has 84 valence electrons. The van der Waals surface area contributed by atoms with Crippen molar-refractivity contribution in [2.24, 2.45) is 7.05 Å². The van der Waals surface area contributed by atoms with Crippen molar-refractivity contribution in [3.05, 3.63) is 36.0 Å². The molecule has 0 saturated carbocycles. The average Bonchev–Trinajstić information content (AvgIpc) is 2.68. The highest BCUT2D eigenvalue weighted by atomic mass is 16.5. The Morgan fingerprint density at radius 3 is 2.81 bits per heavy atom. The van der Waals surface area contributed by atoms with E-state index in [9.17, 15) is 4.79 Å². The monoisotopic (exact) mass is 217 g/mol. The number of fused-ring (bicyclic) bond motifs is 1. The molecule has 3 heteroatoms. The minimum atomic E-state index is -0.213. The number of aryl methyl sites for hydroxylation is 1. The lowest BCUT2D eigenvalue weighted by Gasteiger charge is -2.09. The number of rotatable bonds is 2. The normalized spacial score (nSPS) is 12.7. The maximum absolute atomic E-state index is 11.4. The fraction of sp³-hybridized carbons (Fsp3) is 0.308. The molecule has 1 atom stereocenters. The summed E-state index contributed by atoms with van der Waals surface area (Å²) in [5, 5.41) is 1.15. The number of nitrogens with zero attached hydrogens (tertiary/aromatic N) is 1. The molecule has 1 aromatic heterocycles. The fourth-order valence-electron chi connectivity index (χ4n) is 1.88. The second kappa shape index (κ2) is 4.00. The van der Waals surface area contributed by atoms with Gasteiger partial charge in [-0.2, -0.15) is 0 Å². The Morgan fingerprint density at radius 2 is 2.12 bits per heavy atom. The van der Waals surface area contributed by atoms with Crippen molar-refractivity contribution >= 4 is 16.9 Å². The van der Waals surface area contributed by atoms with Crippen LogP contribution in [0.15, 0.2) is 30.5 Å². The molecule has 2 aromatic rings. The molecule has 0 N–H and O–H groups in total. The van der Waals surface area contributed by atoms with Crippen molar-refractivity contribution in [2.45, 2.75) is 12.8 Å². The first-order valence-corrected chi connectivity index (χ1v) is 5.26. The molecule has 16 heavy (non-hydrogen) atoms. The number of methoxy groups -OCH3 is 1. The van der Waals surface area contributed by atoms with Gasteiger partial charge in [-0.3, -0.25) is 4.79 Å². The van der Waals surface area contributed by atoms with Crippen LogP contribution in [0.3, 0.4) is 0 Å². The summed E-state index contributed by atoms with van der Waals surface area (Å²) in [6, 6.07) is 8.09. The van der Waals surface area contributed by atoms with Crippen molar-refractivity contribution < 1.29 is 9.53 Å². The predicted octanol–water partition coefficient (Wildman–Crippen LogP) is 2.45. The largest absolute Gasteiger partial charge is 0.469 e. The van der Waals surface area contributed by atoms with Crippen LogP contribution < -0.4 is 0 Å². The number of carbonyl (C=O) groups excluding carboxylic acids is 1. The Kier molecular flexibility index (Phi) is 2.69. The van der Waals surface area contributed by atoms with Gasteiger partial charge in [0.15, 0.2) is 0 Å². The number of esters is 1. The number of hydrogen-bond acceptors (Lipinski definition) is 2. The summed E-state index contributed by atoms with van der Waals surface area (Å²) in [4.78, 5) is 11.4. The summed E-state index contributed by atoms with van der Waals surface area (Å²) in [5.74, 6) is -0.412. The second-order valence-electron chi connectivity index (χ2n) is 3.99. The number of carbonyl (C=O) groups is 1. The second-order valence-corrected chi connectivity index (χ2v) is 3.99. The smallest absolute Gasteiger partial charge is 0.312 e.